The van der Waals surface area contributed by atoms with Gasteiger partial charge in [-0.25, -0.2) is 4.79 Å². The molecule has 0 saturated heterocycles. The van der Waals surface area contributed by atoms with Crippen molar-refractivity contribution >= 4 is 18.9 Å². The van der Waals surface area contributed by atoms with E-state index in [0.29, 0.717) is 46.7 Å². The first kappa shape index (κ1) is 17.0. The summed E-state index contributed by atoms with van der Waals surface area (Å²) >= 11 is 0. The van der Waals surface area contributed by atoms with Crippen LogP contribution in [0, 0.1) is 0 Å². The molecule has 3 aromatic carbocycles. The van der Waals surface area contributed by atoms with Crippen LogP contribution in [0.2, 0.25) is 0 Å². The average Bonchev–Trinajstić information content (AvgIpc) is 3.02. The zero-order valence-electron chi connectivity index (χ0n) is 14.8. The summed E-state index contributed by atoms with van der Waals surface area (Å²) in [7, 11) is 0. The molecule has 0 aliphatic carbocycles. The summed E-state index contributed by atoms with van der Waals surface area (Å²) in [6.07, 6.45) is 0. The van der Waals surface area contributed by atoms with Crippen molar-refractivity contribution in [2.75, 3.05) is 0 Å². The lowest BCUT2D eigenvalue weighted by Crippen LogP contribution is -2.33. The van der Waals surface area contributed by atoms with E-state index in [-0.39, 0.29) is 11.5 Å². The molecule has 0 saturated carbocycles. The van der Waals surface area contributed by atoms with E-state index in [1.165, 1.54) is 12.1 Å². The number of hydrogen-bond donors (Lipinski definition) is 0. The van der Waals surface area contributed by atoms with Gasteiger partial charge in [-0.15, -0.1) is 0 Å². The van der Waals surface area contributed by atoms with Crippen LogP contribution in [0.3, 0.4) is 0 Å². The number of fused-ring (bicyclic) bond motifs is 6. The molecule has 0 aromatic heterocycles. The molecule has 0 amide bonds. The highest BCUT2D eigenvalue weighted by molar-refractivity contribution is 5.97. The summed E-state index contributed by atoms with van der Waals surface area (Å²) in [5, 5.41) is 0. The number of carbonyl (C=O) groups is 3. The fourth-order valence-corrected chi connectivity index (χ4v) is 3.89. The first-order valence-electron chi connectivity index (χ1n) is 8.68. The first-order chi connectivity index (χ1) is 14.2. The summed E-state index contributed by atoms with van der Waals surface area (Å²) in [5.41, 5.74) is 1.06. The van der Waals surface area contributed by atoms with Gasteiger partial charge in [-0.1, -0.05) is 18.2 Å². The Balaban J connectivity index is 1.81. The third-order valence-electron chi connectivity index (χ3n) is 5.03. The normalized spacial score (nSPS) is 14.7. The van der Waals surface area contributed by atoms with Crippen LogP contribution in [0.1, 0.15) is 27.0 Å². The topological polar surface area (TPSA) is 88.1 Å². The molecule has 7 heteroatoms. The molecule has 0 radical (unpaired) electrons. The van der Waals surface area contributed by atoms with Gasteiger partial charge in [0.25, 0.3) is 12.9 Å². The molecule has 1 spiro atoms. The van der Waals surface area contributed by atoms with Gasteiger partial charge >= 0.3 is 5.97 Å². The lowest BCUT2D eigenvalue weighted by atomic mass is 9.77. The predicted octanol–water partition coefficient (Wildman–Crippen LogP) is 3.33. The summed E-state index contributed by atoms with van der Waals surface area (Å²) < 4.78 is 21.8. The molecule has 142 valence electrons. The van der Waals surface area contributed by atoms with Gasteiger partial charge in [-0.2, -0.15) is 0 Å². The van der Waals surface area contributed by atoms with Crippen molar-refractivity contribution in [3.05, 3.63) is 82.9 Å². The highest BCUT2D eigenvalue weighted by Gasteiger charge is 2.53. The molecule has 0 unspecified atom stereocenters. The van der Waals surface area contributed by atoms with E-state index in [4.69, 9.17) is 18.9 Å². The molecule has 0 atom stereocenters. The zero-order valence-corrected chi connectivity index (χ0v) is 14.8. The number of rotatable bonds is 4. The Bertz CT molecular complexity index is 1120. The summed E-state index contributed by atoms with van der Waals surface area (Å²) in [5.74, 6) is 0.792. The van der Waals surface area contributed by atoms with Crippen molar-refractivity contribution in [3.8, 4) is 23.0 Å². The van der Waals surface area contributed by atoms with Crippen molar-refractivity contribution in [1.82, 2.24) is 0 Å². The van der Waals surface area contributed by atoms with E-state index >= 15 is 0 Å². The molecule has 2 aliphatic rings. The molecule has 2 heterocycles. The summed E-state index contributed by atoms with van der Waals surface area (Å²) in [4.78, 5) is 34.2. The molecule has 5 rings (SSSR count). The quantitative estimate of drug-likeness (QED) is 0.500. The van der Waals surface area contributed by atoms with Crippen LogP contribution in [0.5, 0.6) is 23.0 Å². The van der Waals surface area contributed by atoms with Crippen LogP contribution >= 0.6 is 0 Å². The van der Waals surface area contributed by atoms with Crippen LogP contribution in [0.15, 0.2) is 60.7 Å². The lowest BCUT2D eigenvalue weighted by molar-refractivity contribution is -0.121. The van der Waals surface area contributed by atoms with E-state index in [2.05, 4.69) is 0 Å². The monoisotopic (exact) mass is 388 g/mol. The van der Waals surface area contributed by atoms with Crippen LogP contribution in [0.4, 0.5) is 0 Å². The number of esters is 1. The van der Waals surface area contributed by atoms with Gasteiger partial charge < -0.3 is 18.9 Å². The van der Waals surface area contributed by atoms with Crippen molar-refractivity contribution in [2.24, 2.45) is 0 Å². The molecule has 7 nitrogen and oxygen atoms in total. The Morgan fingerprint density at radius 2 is 1.34 bits per heavy atom. The van der Waals surface area contributed by atoms with Gasteiger partial charge in [-0.3, -0.25) is 9.59 Å². The van der Waals surface area contributed by atoms with Crippen LogP contribution in [-0.4, -0.2) is 18.9 Å². The molecular formula is C22H12O7. The number of carbonyl (C=O) groups excluding carboxylic acids is 3. The minimum atomic E-state index is -1.24. The molecule has 0 N–H and O–H groups in total. The van der Waals surface area contributed by atoms with Gasteiger partial charge in [0.1, 0.15) is 23.0 Å². The minimum Gasteiger partial charge on any atom is -0.456 e. The Labute approximate surface area is 164 Å². The Morgan fingerprint density at radius 1 is 0.759 bits per heavy atom. The second-order valence-electron chi connectivity index (χ2n) is 6.46. The highest BCUT2D eigenvalue weighted by atomic mass is 16.6. The maximum Gasteiger partial charge on any atom is 0.340 e. The standard InChI is InChI=1S/C22H12O7/c23-11-26-13-5-7-17-19(9-13)28-20-10-14(27-12-24)6-8-18(20)22(17)16-4-2-1-3-15(16)21(25)29-22/h1-12H. The van der Waals surface area contributed by atoms with E-state index in [1.54, 1.807) is 36.4 Å². The molecule has 0 fully saturated rings. The van der Waals surface area contributed by atoms with Gasteiger partial charge in [0, 0.05) is 28.8 Å². The molecule has 29 heavy (non-hydrogen) atoms. The van der Waals surface area contributed by atoms with Crippen molar-refractivity contribution < 1.29 is 33.3 Å². The second-order valence-corrected chi connectivity index (χ2v) is 6.46. The van der Waals surface area contributed by atoms with Crippen molar-refractivity contribution in [1.29, 1.82) is 0 Å². The molecule has 3 aromatic rings. The van der Waals surface area contributed by atoms with E-state index < -0.39 is 11.6 Å². The van der Waals surface area contributed by atoms with Crippen LogP contribution in [0.25, 0.3) is 0 Å². The van der Waals surface area contributed by atoms with Gasteiger partial charge in [0.05, 0.1) is 5.56 Å². The summed E-state index contributed by atoms with van der Waals surface area (Å²) in [6, 6.07) is 16.8. The van der Waals surface area contributed by atoms with Crippen LogP contribution < -0.4 is 14.2 Å². The average molecular weight is 388 g/mol. The third kappa shape index (κ3) is 2.34. The van der Waals surface area contributed by atoms with Gasteiger partial charge in [0.2, 0.25) is 0 Å². The largest absolute Gasteiger partial charge is 0.456 e. The number of ether oxygens (including phenoxy) is 4. The second kappa shape index (κ2) is 6.20. The highest BCUT2D eigenvalue weighted by Crippen LogP contribution is 2.56. The molecular weight excluding hydrogens is 376 g/mol. The predicted molar refractivity (Wildman–Crippen MR) is 98.1 cm³/mol. The van der Waals surface area contributed by atoms with Gasteiger partial charge in [-0.05, 0) is 30.3 Å². The van der Waals surface area contributed by atoms with Gasteiger partial charge in [0.15, 0.2) is 5.60 Å². The smallest absolute Gasteiger partial charge is 0.340 e. The Hall–Kier alpha value is -4.13. The van der Waals surface area contributed by atoms with E-state index in [0.717, 1.165) is 0 Å². The fourth-order valence-electron chi connectivity index (χ4n) is 3.89. The molecule has 2 aliphatic heterocycles. The first-order valence-corrected chi connectivity index (χ1v) is 8.68. The van der Waals surface area contributed by atoms with E-state index in [9.17, 15) is 14.4 Å². The maximum absolute atomic E-state index is 12.7. The Morgan fingerprint density at radius 3 is 1.93 bits per heavy atom. The Kier molecular flexibility index (Phi) is 3.64. The van der Waals surface area contributed by atoms with Crippen LogP contribution in [-0.2, 0) is 19.9 Å². The lowest BCUT2D eigenvalue weighted by Gasteiger charge is -2.36. The molecule has 0 bridgehead atoms. The fraction of sp³-hybridized carbons (Fsp3) is 0.0455. The third-order valence-corrected chi connectivity index (χ3v) is 5.03. The van der Waals surface area contributed by atoms with Crippen molar-refractivity contribution in [3.63, 3.8) is 0 Å². The minimum absolute atomic E-state index is 0.273. The van der Waals surface area contributed by atoms with Crippen molar-refractivity contribution in [2.45, 2.75) is 5.60 Å². The number of hydrogen-bond acceptors (Lipinski definition) is 7. The SMILES string of the molecule is O=COc1ccc2c(c1)Oc1cc(OC=O)ccc1C21OC(=O)c2ccccc21. The zero-order chi connectivity index (χ0) is 20.0. The summed E-state index contributed by atoms with van der Waals surface area (Å²) in [6.45, 7) is 0.629. The van der Waals surface area contributed by atoms with E-state index in [1.807, 2.05) is 12.1 Å². The maximum atomic E-state index is 12.7. The number of benzene rings is 3.